The van der Waals surface area contributed by atoms with E-state index < -0.39 is 5.82 Å². The Morgan fingerprint density at radius 1 is 1.36 bits per heavy atom. The number of hydrogen-bond acceptors (Lipinski definition) is 2. The standard InChI is InChI=1S/C16H23FN4.HI/c1-5-19-16(21-12(4)11(2)3)20-10-14-7-6-13(9-18)8-15(14)17;/h6-8,11-12H,5,10H2,1-4H3,(H2,19,20,21);1H. The van der Waals surface area contributed by atoms with Crippen molar-refractivity contribution in [2.45, 2.75) is 40.3 Å². The summed E-state index contributed by atoms with van der Waals surface area (Å²) in [6.45, 7) is 9.30. The van der Waals surface area contributed by atoms with Crippen LogP contribution in [0.2, 0.25) is 0 Å². The fourth-order valence-corrected chi connectivity index (χ4v) is 1.61. The van der Waals surface area contributed by atoms with Crippen molar-refractivity contribution >= 4 is 29.9 Å². The highest BCUT2D eigenvalue weighted by molar-refractivity contribution is 14.0. The van der Waals surface area contributed by atoms with Crippen LogP contribution >= 0.6 is 24.0 Å². The summed E-state index contributed by atoms with van der Waals surface area (Å²) in [5.74, 6) is 0.744. The van der Waals surface area contributed by atoms with Crippen molar-refractivity contribution < 1.29 is 4.39 Å². The number of aliphatic imine (C=N–C) groups is 1. The Morgan fingerprint density at radius 2 is 2.05 bits per heavy atom. The molecule has 4 nitrogen and oxygen atoms in total. The lowest BCUT2D eigenvalue weighted by Crippen LogP contribution is -2.44. The molecule has 1 aromatic rings. The maximum Gasteiger partial charge on any atom is 0.191 e. The Hall–Kier alpha value is -1.36. The van der Waals surface area contributed by atoms with Crippen molar-refractivity contribution in [2.24, 2.45) is 10.9 Å². The predicted molar refractivity (Wildman–Crippen MR) is 98.8 cm³/mol. The fourth-order valence-electron chi connectivity index (χ4n) is 1.61. The average molecular weight is 418 g/mol. The van der Waals surface area contributed by atoms with Crippen LogP contribution in [0.15, 0.2) is 23.2 Å². The second kappa shape index (κ2) is 10.4. The smallest absolute Gasteiger partial charge is 0.191 e. The second-order valence-electron chi connectivity index (χ2n) is 5.29. The lowest BCUT2D eigenvalue weighted by molar-refractivity contribution is 0.481. The number of nitrogens with one attached hydrogen (secondary N) is 2. The Morgan fingerprint density at radius 3 is 2.55 bits per heavy atom. The van der Waals surface area contributed by atoms with E-state index in [1.54, 1.807) is 12.1 Å². The first kappa shape index (κ1) is 20.6. The normalized spacial score (nSPS) is 12.3. The van der Waals surface area contributed by atoms with E-state index in [-0.39, 0.29) is 36.6 Å². The summed E-state index contributed by atoms with van der Waals surface area (Å²) in [4.78, 5) is 4.39. The van der Waals surface area contributed by atoms with Gasteiger partial charge in [-0.15, -0.1) is 24.0 Å². The summed E-state index contributed by atoms with van der Waals surface area (Å²) >= 11 is 0. The minimum atomic E-state index is -0.398. The van der Waals surface area contributed by atoms with Gasteiger partial charge in [0.15, 0.2) is 5.96 Å². The average Bonchev–Trinajstić information content (AvgIpc) is 2.45. The van der Waals surface area contributed by atoms with Crippen LogP contribution in [-0.4, -0.2) is 18.5 Å². The van der Waals surface area contributed by atoms with Gasteiger partial charge in [0.05, 0.1) is 18.2 Å². The maximum absolute atomic E-state index is 13.8. The highest BCUT2D eigenvalue weighted by atomic mass is 127. The molecule has 0 fully saturated rings. The molecule has 0 heterocycles. The molecule has 0 aliphatic heterocycles. The predicted octanol–water partition coefficient (Wildman–Crippen LogP) is 3.41. The molecule has 1 atom stereocenters. The molecule has 0 aromatic heterocycles. The Labute approximate surface area is 149 Å². The molecular weight excluding hydrogens is 394 g/mol. The minimum Gasteiger partial charge on any atom is -0.357 e. The summed E-state index contributed by atoms with van der Waals surface area (Å²) in [7, 11) is 0. The number of nitrogens with zero attached hydrogens (tertiary/aromatic N) is 2. The zero-order valence-electron chi connectivity index (χ0n) is 13.5. The zero-order chi connectivity index (χ0) is 15.8. The quantitative estimate of drug-likeness (QED) is 0.438. The van der Waals surface area contributed by atoms with Crippen LogP contribution < -0.4 is 10.6 Å². The number of halogens is 2. The third-order valence-electron chi connectivity index (χ3n) is 3.30. The van der Waals surface area contributed by atoms with Gasteiger partial charge >= 0.3 is 0 Å². The lowest BCUT2D eigenvalue weighted by Gasteiger charge is -2.20. The summed E-state index contributed by atoms with van der Waals surface area (Å²) in [6.07, 6.45) is 0. The van der Waals surface area contributed by atoms with E-state index in [2.05, 4.69) is 36.4 Å². The van der Waals surface area contributed by atoms with Crippen LogP contribution in [-0.2, 0) is 6.54 Å². The van der Waals surface area contributed by atoms with Crippen LogP contribution in [0.1, 0.15) is 38.8 Å². The largest absolute Gasteiger partial charge is 0.357 e. The molecule has 1 aromatic carbocycles. The Kier molecular flexibility index (Phi) is 9.74. The molecule has 0 bridgehead atoms. The van der Waals surface area contributed by atoms with E-state index in [1.165, 1.54) is 6.07 Å². The van der Waals surface area contributed by atoms with Gasteiger partial charge in [-0.2, -0.15) is 5.26 Å². The second-order valence-corrected chi connectivity index (χ2v) is 5.29. The van der Waals surface area contributed by atoms with Gasteiger partial charge in [0, 0.05) is 18.2 Å². The van der Waals surface area contributed by atoms with Gasteiger partial charge in [0.2, 0.25) is 0 Å². The van der Waals surface area contributed by atoms with E-state index in [4.69, 9.17) is 5.26 Å². The first-order valence-electron chi connectivity index (χ1n) is 7.21. The molecule has 1 rings (SSSR count). The molecule has 2 N–H and O–H groups in total. The van der Waals surface area contributed by atoms with Gasteiger partial charge < -0.3 is 10.6 Å². The van der Waals surface area contributed by atoms with E-state index in [1.807, 2.05) is 13.0 Å². The van der Waals surface area contributed by atoms with Gasteiger partial charge in [-0.1, -0.05) is 19.9 Å². The van der Waals surface area contributed by atoms with Crippen LogP contribution in [0.5, 0.6) is 0 Å². The Bertz CT molecular complexity index is 537. The molecule has 0 amide bonds. The van der Waals surface area contributed by atoms with Crippen molar-refractivity contribution in [3.63, 3.8) is 0 Å². The molecule has 1 unspecified atom stereocenters. The molecule has 0 saturated heterocycles. The number of hydrogen-bond donors (Lipinski definition) is 2. The lowest BCUT2D eigenvalue weighted by atomic mass is 10.1. The summed E-state index contributed by atoms with van der Waals surface area (Å²) in [6, 6.07) is 6.63. The van der Waals surface area contributed by atoms with Gasteiger partial charge in [0.25, 0.3) is 0 Å². The van der Waals surface area contributed by atoms with Crippen molar-refractivity contribution in [1.82, 2.24) is 10.6 Å². The van der Waals surface area contributed by atoms with E-state index in [9.17, 15) is 4.39 Å². The molecule has 6 heteroatoms. The van der Waals surface area contributed by atoms with Crippen LogP contribution in [0.4, 0.5) is 4.39 Å². The SMILES string of the molecule is CCNC(=NCc1ccc(C#N)cc1F)NC(C)C(C)C.I. The molecule has 22 heavy (non-hydrogen) atoms. The summed E-state index contributed by atoms with van der Waals surface area (Å²) in [5.41, 5.74) is 0.794. The number of benzene rings is 1. The molecule has 0 radical (unpaired) electrons. The molecule has 0 aliphatic rings. The van der Waals surface area contributed by atoms with Crippen LogP contribution in [0, 0.1) is 23.1 Å². The number of rotatable bonds is 5. The van der Waals surface area contributed by atoms with Crippen molar-refractivity contribution in [1.29, 1.82) is 5.26 Å². The molecule has 0 aliphatic carbocycles. The molecule has 0 spiro atoms. The first-order chi connectivity index (χ1) is 9.97. The zero-order valence-corrected chi connectivity index (χ0v) is 15.8. The van der Waals surface area contributed by atoms with E-state index >= 15 is 0 Å². The third-order valence-corrected chi connectivity index (χ3v) is 3.30. The first-order valence-corrected chi connectivity index (χ1v) is 7.21. The summed E-state index contributed by atoms with van der Waals surface area (Å²) in [5, 5.41) is 15.2. The van der Waals surface area contributed by atoms with Gasteiger partial charge in [-0.05, 0) is 31.9 Å². The van der Waals surface area contributed by atoms with Crippen molar-refractivity contribution in [3.8, 4) is 6.07 Å². The van der Waals surface area contributed by atoms with Crippen LogP contribution in [0.3, 0.4) is 0 Å². The molecular formula is C16H24FIN4. The summed E-state index contributed by atoms with van der Waals surface area (Å²) < 4.78 is 13.8. The fraction of sp³-hybridized carbons (Fsp3) is 0.500. The maximum atomic E-state index is 13.8. The molecule has 0 saturated carbocycles. The minimum absolute atomic E-state index is 0. The third kappa shape index (κ3) is 6.60. The number of guanidine groups is 1. The van der Waals surface area contributed by atoms with E-state index in [0.29, 0.717) is 23.0 Å². The highest BCUT2D eigenvalue weighted by Crippen LogP contribution is 2.11. The molecule has 122 valence electrons. The topological polar surface area (TPSA) is 60.2 Å². The Balaban J connectivity index is 0.00000441. The van der Waals surface area contributed by atoms with Crippen LogP contribution in [0.25, 0.3) is 0 Å². The van der Waals surface area contributed by atoms with Gasteiger partial charge in [-0.25, -0.2) is 9.38 Å². The number of nitriles is 1. The van der Waals surface area contributed by atoms with Crippen molar-refractivity contribution in [3.05, 3.63) is 35.1 Å². The monoisotopic (exact) mass is 418 g/mol. The highest BCUT2D eigenvalue weighted by Gasteiger charge is 2.09. The van der Waals surface area contributed by atoms with Gasteiger partial charge in [-0.3, -0.25) is 0 Å². The van der Waals surface area contributed by atoms with Crippen molar-refractivity contribution in [2.75, 3.05) is 6.54 Å². The van der Waals surface area contributed by atoms with E-state index in [0.717, 1.165) is 6.54 Å². The van der Waals surface area contributed by atoms with Gasteiger partial charge in [0.1, 0.15) is 5.82 Å².